The van der Waals surface area contributed by atoms with E-state index in [1.54, 1.807) is 41.1 Å². The van der Waals surface area contributed by atoms with Crippen LogP contribution in [0.5, 0.6) is 0 Å². The maximum Gasteiger partial charge on any atom is 0.435 e. The molecule has 19 heteroatoms. The number of unbranched alkanes of at least 4 members (excludes halogenated alkanes) is 2. The van der Waals surface area contributed by atoms with Crippen LogP contribution in [-0.4, -0.2) is 77.9 Å². The molecule has 1 aliphatic heterocycles. The summed E-state index contributed by atoms with van der Waals surface area (Å²) in [6.07, 6.45) is -4.69. The number of aromatic nitrogens is 2. The van der Waals surface area contributed by atoms with Crippen LogP contribution in [0.2, 0.25) is 0 Å². The molecule has 0 radical (unpaired) electrons. The van der Waals surface area contributed by atoms with Gasteiger partial charge in [0.05, 0.1) is 52.6 Å². The highest BCUT2D eigenvalue weighted by Crippen LogP contribution is 2.33. The van der Waals surface area contributed by atoms with Gasteiger partial charge in [0.1, 0.15) is 0 Å². The molecule has 0 saturated heterocycles. The fraction of sp³-hybridized carbons (Fsp3) is 0.273. The number of carbonyl (C=O) groups is 3. The maximum absolute atomic E-state index is 13.5. The number of imide groups is 1. The van der Waals surface area contributed by atoms with E-state index in [-0.39, 0.29) is 45.5 Å². The lowest BCUT2D eigenvalue weighted by Crippen LogP contribution is -2.32. The molecule has 0 unspecified atom stereocenters. The highest BCUT2D eigenvalue weighted by atomic mass is 32.2. The molecule has 1 aliphatic rings. The van der Waals surface area contributed by atoms with Crippen molar-refractivity contribution in [3.05, 3.63) is 106 Å². The lowest BCUT2D eigenvalue weighted by atomic mass is 10.1. The predicted molar refractivity (Wildman–Crippen MR) is 176 cm³/mol. The topological polar surface area (TPSA) is 179 Å². The van der Waals surface area contributed by atoms with Gasteiger partial charge in [-0.15, -0.1) is 5.01 Å². The number of hydrogen-bond acceptors (Lipinski definition) is 10. The molecule has 1 aromatic heterocycles. The van der Waals surface area contributed by atoms with E-state index in [2.05, 4.69) is 10.4 Å². The molecule has 52 heavy (non-hydrogen) atoms. The fourth-order valence-corrected chi connectivity index (χ4v) is 5.92. The van der Waals surface area contributed by atoms with Crippen LogP contribution in [-0.2, 0) is 25.8 Å². The van der Waals surface area contributed by atoms with Crippen molar-refractivity contribution in [1.29, 1.82) is 0 Å². The first-order chi connectivity index (χ1) is 24.7. The first-order valence-electron chi connectivity index (χ1n) is 15.7. The molecule has 3 aromatic carbocycles. The van der Waals surface area contributed by atoms with Crippen LogP contribution in [0.3, 0.4) is 0 Å². The van der Waals surface area contributed by atoms with Gasteiger partial charge in [-0.2, -0.15) is 18.3 Å². The number of fused-ring (bicyclic) bond motifs is 1. The Labute approximate surface area is 295 Å². The van der Waals surface area contributed by atoms with Gasteiger partial charge < -0.3 is 14.8 Å². The third-order valence-electron chi connectivity index (χ3n) is 7.80. The molecule has 0 fully saturated rings. The highest BCUT2D eigenvalue weighted by Gasteiger charge is 2.36. The molecule has 15 nitrogen and oxygen atoms in total. The highest BCUT2D eigenvalue weighted by molar-refractivity contribution is 7.90. The molecule has 0 aliphatic carbocycles. The number of amides is 3. The van der Waals surface area contributed by atoms with E-state index in [4.69, 9.17) is 9.57 Å². The van der Waals surface area contributed by atoms with E-state index < -0.39 is 46.5 Å². The number of benzene rings is 3. The number of sulfonamides is 1. The predicted octanol–water partition coefficient (Wildman–Crippen LogP) is 5.45. The third-order valence-corrected chi connectivity index (χ3v) is 9.13. The first-order valence-corrected chi connectivity index (χ1v) is 17.1. The van der Waals surface area contributed by atoms with Crippen LogP contribution in [0.4, 0.5) is 18.0 Å². The minimum atomic E-state index is -4.71. The number of nitrogens with zero attached hydrogens (tertiary/aromatic N) is 6. The van der Waals surface area contributed by atoms with Gasteiger partial charge in [0.2, 0.25) is 12.0 Å². The van der Waals surface area contributed by atoms with E-state index in [1.165, 1.54) is 36.3 Å². The van der Waals surface area contributed by atoms with Crippen molar-refractivity contribution >= 4 is 27.9 Å². The van der Waals surface area contributed by atoms with Gasteiger partial charge in [-0.1, -0.05) is 42.0 Å². The number of carbonyl (C=O) groups excluding carboxylic acids is 3. The van der Waals surface area contributed by atoms with Gasteiger partial charge in [-0.3, -0.25) is 9.59 Å². The average Bonchev–Trinajstić information content (AvgIpc) is 3.66. The van der Waals surface area contributed by atoms with Crippen molar-refractivity contribution in [2.45, 2.75) is 37.3 Å². The van der Waals surface area contributed by atoms with Crippen LogP contribution >= 0.6 is 0 Å². The Balaban J connectivity index is 1.05. The lowest BCUT2D eigenvalue weighted by Gasteiger charge is -2.14. The monoisotopic (exact) mass is 743 g/mol. The summed E-state index contributed by atoms with van der Waals surface area (Å²) >= 11 is 0. The van der Waals surface area contributed by atoms with Gasteiger partial charge in [0.15, 0.2) is 5.69 Å². The van der Waals surface area contributed by atoms with Gasteiger partial charge in [0.25, 0.3) is 21.8 Å². The van der Waals surface area contributed by atoms with Crippen molar-refractivity contribution in [1.82, 2.24) is 24.4 Å². The van der Waals surface area contributed by atoms with E-state index in [1.807, 2.05) is 6.92 Å². The molecular weight excluding hydrogens is 711 g/mol. The van der Waals surface area contributed by atoms with Crippen LogP contribution < -0.4 is 4.72 Å². The summed E-state index contributed by atoms with van der Waals surface area (Å²) in [5, 5.41) is 20.4. The zero-order chi connectivity index (χ0) is 37.6. The third kappa shape index (κ3) is 8.66. The molecule has 2 heterocycles. The van der Waals surface area contributed by atoms with Crippen LogP contribution in [0.25, 0.3) is 16.9 Å². The smallest absolute Gasteiger partial charge is 0.435 e. The van der Waals surface area contributed by atoms with E-state index >= 15 is 0 Å². The maximum atomic E-state index is 13.5. The minimum absolute atomic E-state index is 0.137. The number of aryl methyl sites for hydroxylation is 1. The Kier molecular flexibility index (Phi) is 11.1. The molecule has 0 saturated carbocycles. The van der Waals surface area contributed by atoms with E-state index in [0.717, 1.165) is 33.3 Å². The Morgan fingerprint density at radius 2 is 1.62 bits per heavy atom. The lowest BCUT2D eigenvalue weighted by molar-refractivity contribution is -0.705. The number of nitrogens with one attached hydrogen (secondary N) is 1. The van der Waals surface area contributed by atoms with E-state index in [9.17, 15) is 41.2 Å². The molecule has 274 valence electrons. The Morgan fingerprint density at radius 1 is 0.981 bits per heavy atom. The summed E-state index contributed by atoms with van der Waals surface area (Å²) in [6.45, 7) is 1.36. The summed E-state index contributed by atoms with van der Waals surface area (Å²) in [4.78, 5) is 42.4. The Morgan fingerprint density at radius 3 is 2.23 bits per heavy atom. The number of ether oxygens (including phenoxy) is 1. The number of alkyl halides is 3. The SMILES string of the molecule is Cc1ccc(-c2cc(C(F)(F)F)nn2-c2ccc(S(=O)(=O)NC(=O)OCCCCCN(C)[N+]([O-])=NOCN3C(=O)c4ccccc4C3=O)cc2)cc1. The Bertz CT molecular complexity index is 2050. The van der Waals surface area contributed by atoms with Gasteiger partial charge in [-0.25, -0.2) is 27.5 Å². The largest absolute Gasteiger partial charge is 0.569 e. The van der Waals surface area contributed by atoms with Crippen LogP contribution in [0.15, 0.2) is 89.0 Å². The molecule has 3 amide bonds. The zero-order valence-corrected chi connectivity index (χ0v) is 28.6. The van der Waals surface area contributed by atoms with Crippen molar-refractivity contribution in [2.24, 2.45) is 5.28 Å². The molecule has 0 atom stereocenters. The summed E-state index contributed by atoms with van der Waals surface area (Å²) in [5.74, 6) is -1.12. The standard InChI is InChI=1S/C33H32F3N7O8S/c1-22-10-12-23(13-11-22)28-20-29(33(34,35)36)37-42(28)24-14-16-25(17-15-24)52(48,49)38-32(46)50-19-7-3-6-18-40(2)43(47)39-51-21-41-30(44)26-8-4-5-9-27(26)31(41)45/h4-5,8-17,20H,3,6-7,18-19,21H2,1-2H3,(H,38,46). The fourth-order valence-electron chi connectivity index (χ4n) is 5.03. The number of hydrazine groups is 1. The Hall–Kier alpha value is -5.98. The summed E-state index contributed by atoms with van der Waals surface area (Å²) < 4.78 is 73.9. The zero-order valence-electron chi connectivity index (χ0n) is 27.7. The van der Waals surface area contributed by atoms with Gasteiger partial charge >= 0.3 is 12.3 Å². The van der Waals surface area contributed by atoms with Crippen LogP contribution in [0.1, 0.15) is 51.2 Å². The summed E-state index contributed by atoms with van der Waals surface area (Å²) in [7, 11) is -2.96. The summed E-state index contributed by atoms with van der Waals surface area (Å²) in [5.41, 5.74) is 1.01. The average molecular weight is 744 g/mol. The van der Waals surface area contributed by atoms with Crippen LogP contribution in [0, 0.1) is 12.1 Å². The molecular formula is C33H32F3N7O8S. The quantitative estimate of drug-likeness (QED) is 0.0575. The number of rotatable bonds is 14. The van der Waals surface area contributed by atoms with Crippen molar-refractivity contribution < 1.29 is 50.5 Å². The normalized spacial score (nSPS) is 13.2. The molecule has 0 bridgehead atoms. The molecule has 0 spiro atoms. The van der Waals surface area contributed by atoms with Crippen molar-refractivity contribution in [3.8, 4) is 16.9 Å². The second-order valence-electron chi connectivity index (χ2n) is 11.5. The number of halogens is 3. The number of hydrogen-bond donors (Lipinski definition) is 1. The second kappa shape index (κ2) is 15.5. The van der Waals surface area contributed by atoms with E-state index in [0.29, 0.717) is 24.8 Å². The molecule has 5 rings (SSSR count). The minimum Gasteiger partial charge on any atom is -0.569 e. The van der Waals surface area contributed by atoms with Gasteiger partial charge in [-0.05, 0) is 68.7 Å². The van der Waals surface area contributed by atoms with Crippen molar-refractivity contribution in [3.63, 3.8) is 0 Å². The second-order valence-corrected chi connectivity index (χ2v) is 13.2. The molecule has 1 N–H and O–H groups in total. The molecule has 4 aromatic rings. The van der Waals surface area contributed by atoms with Crippen molar-refractivity contribution in [2.75, 3.05) is 26.9 Å². The van der Waals surface area contributed by atoms with Gasteiger partial charge in [0, 0.05) is 5.56 Å². The first kappa shape index (κ1) is 37.3. The summed E-state index contributed by atoms with van der Waals surface area (Å²) in [6, 6.07) is 18.7.